The predicted octanol–water partition coefficient (Wildman–Crippen LogP) is 6.63. The first-order valence-corrected chi connectivity index (χ1v) is 9.24. The van der Waals surface area contributed by atoms with Crippen LogP contribution in [0, 0.1) is 5.82 Å². The minimum atomic E-state index is -0.134. The van der Waals surface area contributed by atoms with Gasteiger partial charge in [-0.3, -0.25) is 0 Å². The van der Waals surface area contributed by atoms with Gasteiger partial charge >= 0.3 is 0 Å². The van der Waals surface area contributed by atoms with E-state index < -0.39 is 0 Å². The van der Waals surface area contributed by atoms with Gasteiger partial charge in [-0.25, -0.2) is 4.39 Å². The molecule has 3 heteroatoms. The summed E-state index contributed by atoms with van der Waals surface area (Å²) in [6.07, 6.45) is 11.9. The summed E-state index contributed by atoms with van der Waals surface area (Å²) in [4.78, 5) is 0. The van der Waals surface area contributed by atoms with Crippen LogP contribution in [-0.4, -0.2) is 6.54 Å². The second-order valence-electron chi connectivity index (χ2n) is 6.19. The normalized spacial score (nSPS) is 16.8. The van der Waals surface area contributed by atoms with E-state index in [0.717, 1.165) is 22.3 Å². The van der Waals surface area contributed by atoms with Gasteiger partial charge in [0.25, 0.3) is 0 Å². The number of unbranched alkanes of at least 4 members (excludes halogenated alkanes) is 7. The third-order valence-electron chi connectivity index (χ3n) is 4.46. The lowest BCUT2D eigenvalue weighted by Gasteiger charge is -2.10. The molecule has 0 aliphatic carbocycles. The maximum atomic E-state index is 13.5. The smallest absolute Gasteiger partial charge is 0.124 e. The third kappa shape index (κ3) is 4.98. The Morgan fingerprint density at radius 2 is 1.76 bits per heavy atom. The molecule has 118 valence electrons. The largest absolute Gasteiger partial charge is 0.383 e. The minimum absolute atomic E-state index is 0.134. The van der Waals surface area contributed by atoms with E-state index >= 15 is 0 Å². The number of anilines is 1. The van der Waals surface area contributed by atoms with Crippen molar-refractivity contribution in [3.63, 3.8) is 0 Å². The van der Waals surface area contributed by atoms with Crippen molar-refractivity contribution < 1.29 is 4.39 Å². The molecule has 0 saturated carbocycles. The van der Waals surface area contributed by atoms with Crippen LogP contribution in [0.15, 0.2) is 16.6 Å². The van der Waals surface area contributed by atoms with Crippen molar-refractivity contribution in [3.8, 4) is 0 Å². The molecule has 1 aliphatic rings. The van der Waals surface area contributed by atoms with Crippen LogP contribution in [0.4, 0.5) is 10.1 Å². The summed E-state index contributed by atoms with van der Waals surface area (Å²) >= 11 is 3.45. The van der Waals surface area contributed by atoms with Crippen LogP contribution in [0.3, 0.4) is 0 Å². The van der Waals surface area contributed by atoms with E-state index in [1.807, 2.05) is 0 Å². The number of hydrogen-bond donors (Lipinski definition) is 1. The standard InChI is InChI=1S/C18H27BrFN/c1-2-3-4-5-6-7-8-9-10-14-13-21-18-16(14)11-15(20)12-17(18)19/h11-12,14,21H,2-10,13H2,1H3. The number of fused-ring (bicyclic) bond motifs is 1. The van der Waals surface area contributed by atoms with Crippen molar-refractivity contribution in [1.29, 1.82) is 0 Å². The molecule has 1 aliphatic heterocycles. The van der Waals surface area contributed by atoms with E-state index in [1.165, 1.54) is 57.8 Å². The Morgan fingerprint density at radius 1 is 1.10 bits per heavy atom. The van der Waals surface area contributed by atoms with Crippen LogP contribution in [0.1, 0.15) is 76.2 Å². The van der Waals surface area contributed by atoms with Crippen molar-refractivity contribution in [3.05, 3.63) is 28.0 Å². The average Bonchev–Trinajstić information content (AvgIpc) is 2.85. The number of benzene rings is 1. The molecule has 21 heavy (non-hydrogen) atoms. The number of nitrogens with one attached hydrogen (secondary N) is 1. The summed E-state index contributed by atoms with van der Waals surface area (Å²) < 4.78 is 14.4. The first-order chi connectivity index (χ1) is 10.2. The van der Waals surface area contributed by atoms with Crippen molar-refractivity contribution in [2.24, 2.45) is 0 Å². The molecular formula is C18H27BrFN. The van der Waals surface area contributed by atoms with Gasteiger partial charge in [0.1, 0.15) is 5.82 Å². The summed E-state index contributed by atoms with van der Waals surface area (Å²) in [5.74, 6) is 0.345. The molecule has 1 nitrogen and oxygen atoms in total. The van der Waals surface area contributed by atoms with Gasteiger partial charge in [0.05, 0.1) is 5.69 Å². The van der Waals surface area contributed by atoms with E-state index in [1.54, 1.807) is 12.1 Å². The summed E-state index contributed by atoms with van der Waals surface area (Å²) in [6.45, 7) is 3.21. The molecule has 1 atom stereocenters. The average molecular weight is 356 g/mol. The highest BCUT2D eigenvalue weighted by Crippen LogP contribution is 2.40. The fraction of sp³-hybridized carbons (Fsp3) is 0.667. The van der Waals surface area contributed by atoms with Crippen LogP contribution < -0.4 is 5.32 Å². The summed E-state index contributed by atoms with van der Waals surface area (Å²) in [6, 6.07) is 3.25. The molecule has 0 amide bonds. The van der Waals surface area contributed by atoms with Gasteiger partial charge in [0, 0.05) is 16.9 Å². The first kappa shape index (κ1) is 16.8. The topological polar surface area (TPSA) is 12.0 Å². The van der Waals surface area contributed by atoms with Gasteiger partial charge in [-0.05, 0) is 40.0 Å². The maximum absolute atomic E-state index is 13.5. The van der Waals surface area contributed by atoms with E-state index in [2.05, 4.69) is 28.2 Å². The Balaban J connectivity index is 1.67. The Kier molecular flexibility index (Phi) is 7.01. The lowest BCUT2D eigenvalue weighted by molar-refractivity contribution is 0.541. The molecule has 0 saturated heterocycles. The van der Waals surface area contributed by atoms with Gasteiger partial charge in [-0.2, -0.15) is 0 Å². The SMILES string of the molecule is CCCCCCCCCCC1CNc2c(Br)cc(F)cc21. The molecule has 0 bridgehead atoms. The Hall–Kier alpha value is -0.570. The quantitative estimate of drug-likeness (QED) is 0.490. The molecule has 1 aromatic carbocycles. The highest BCUT2D eigenvalue weighted by atomic mass is 79.9. The van der Waals surface area contributed by atoms with Gasteiger partial charge in [0.2, 0.25) is 0 Å². The molecule has 2 rings (SSSR count). The first-order valence-electron chi connectivity index (χ1n) is 8.45. The second kappa shape index (κ2) is 8.77. The van der Waals surface area contributed by atoms with Crippen molar-refractivity contribution >= 4 is 21.6 Å². The van der Waals surface area contributed by atoms with E-state index in [9.17, 15) is 4.39 Å². The van der Waals surface area contributed by atoms with Crippen LogP contribution in [0.2, 0.25) is 0 Å². The maximum Gasteiger partial charge on any atom is 0.124 e. The molecular weight excluding hydrogens is 329 g/mol. The minimum Gasteiger partial charge on any atom is -0.383 e. The number of hydrogen-bond acceptors (Lipinski definition) is 1. The molecule has 1 aromatic rings. The van der Waals surface area contributed by atoms with Crippen LogP contribution in [0.5, 0.6) is 0 Å². The number of rotatable bonds is 9. The van der Waals surface area contributed by atoms with Gasteiger partial charge < -0.3 is 5.32 Å². The Morgan fingerprint density at radius 3 is 2.48 bits per heavy atom. The zero-order valence-electron chi connectivity index (χ0n) is 13.1. The Labute approximate surface area is 136 Å². The van der Waals surface area contributed by atoms with Crippen LogP contribution >= 0.6 is 15.9 Å². The molecule has 0 aromatic heterocycles. The summed E-state index contributed by atoms with van der Waals surface area (Å²) in [7, 11) is 0. The van der Waals surface area contributed by atoms with Crippen LogP contribution in [0.25, 0.3) is 0 Å². The third-order valence-corrected chi connectivity index (χ3v) is 5.08. The molecule has 1 N–H and O–H groups in total. The summed E-state index contributed by atoms with van der Waals surface area (Å²) in [5.41, 5.74) is 2.26. The molecule has 1 heterocycles. The van der Waals surface area contributed by atoms with Crippen LogP contribution in [-0.2, 0) is 0 Å². The van der Waals surface area contributed by atoms with Gasteiger partial charge in [-0.15, -0.1) is 0 Å². The van der Waals surface area contributed by atoms with Gasteiger partial charge in [-0.1, -0.05) is 58.3 Å². The monoisotopic (exact) mass is 355 g/mol. The van der Waals surface area contributed by atoms with Gasteiger partial charge in [0.15, 0.2) is 0 Å². The van der Waals surface area contributed by atoms with E-state index in [-0.39, 0.29) is 5.82 Å². The second-order valence-corrected chi connectivity index (χ2v) is 7.05. The predicted molar refractivity (Wildman–Crippen MR) is 92.6 cm³/mol. The lowest BCUT2D eigenvalue weighted by atomic mass is 9.94. The molecule has 1 unspecified atom stereocenters. The molecule has 0 radical (unpaired) electrons. The Bertz CT molecular complexity index is 447. The zero-order chi connectivity index (χ0) is 15.1. The van der Waals surface area contributed by atoms with E-state index in [4.69, 9.17) is 0 Å². The molecule has 0 fully saturated rings. The lowest BCUT2D eigenvalue weighted by Crippen LogP contribution is -2.01. The van der Waals surface area contributed by atoms with Crippen molar-refractivity contribution in [1.82, 2.24) is 0 Å². The highest BCUT2D eigenvalue weighted by Gasteiger charge is 2.24. The van der Waals surface area contributed by atoms with Crippen molar-refractivity contribution in [2.75, 3.05) is 11.9 Å². The fourth-order valence-electron chi connectivity index (χ4n) is 3.22. The fourth-order valence-corrected chi connectivity index (χ4v) is 3.81. The molecule has 0 spiro atoms. The van der Waals surface area contributed by atoms with E-state index in [0.29, 0.717) is 5.92 Å². The van der Waals surface area contributed by atoms with Crippen molar-refractivity contribution in [2.45, 2.75) is 70.6 Å². The zero-order valence-corrected chi connectivity index (χ0v) is 14.6. The number of halogens is 2. The summed E-state index contributed by atoms with van der Waals surface area (Å²) in [5, 5.41) is 3.41. The highest BCUT2D eigenvalue weighted by molar-refractivity contribution is 9.10.